The highest BCUT2D eigenvalue weighted by Crippen LogP contribution is 2.37. The monoisotopic (exact) mass is 501 g/mol. The number of aliphatic imine (C=N–C) groups is 2. The van der Waals surface area contributed by atoms with Crippen LogP contribution in [0.2, 0.25) is 0 Å². The van der Waals surface area contributed by atoms with Crippen LogP contribution in [0.3, 0.4) is 0 Å². The maximum Gasteiger partial charge on any atom is 0.343 e. The van der Waals surface area contributed by atoms with Gasteiger partial charge in [-0.2, -0.15) is 0 Å². The lowest BCUT2D eigenvalue weighted by Gasteiger charge is -2.16. The highest BCUT2D eigenvalue weighted by Gasteiger charge is 2.21. The van der Waals surface area contributed by atoms with Crippen LogP contribution in [0.5, 0.6) is 11.5 Å². The summed E-state index contributed by atoms with van der Waals surface area (Å²) in [6, 6.07) is 27.2. The van der Waals surface area contributed by atoms with Crippen molar-refractivity contribution in [2.45, 2.75) is 0 Å². The smallest absolute Gasteiger partial charge is 0.343 e. The number of carbonyl (C=O) groups excluding carboxylic acids is 2. The number of rotatable bonds is 7. The third-order valence-corrected chi connectivity index (χ3v) is 5.43. The summed E-state index contributed by atoms with van der Waals surface area (Å²) in [6.07, 6.45) is 5.53. The van der Waals surface area contributed by atoms with Crippen LogP contribution in [0.15, 0.2) is 107 Å². The standard InChI is InChI=1S/C31H23N3O4/c1-4-21-12-11-17-24(18-21)34-29(33-3)25-19-27(37-30(35)22-13-7-5-8-14-22)28(20-26(25)32-2)38-31(36)23-15-9-6-10-16-23/h1,5-20H,2H2,3H3,(H,33,34). The van der Waals surface area contributed by atoms with E-state index in [0.29, 0.717) is 39.5 Å². The number of hydrogen-bond acceptors (Lipinski definition) is 6. The molecule has 0 fully saturated rings. The molecule has 1 N–H and O–H groups in total. The van der Waals surface area contributed by atoms with E-state index < -0.39 is 11.9 Å². The van der Waals surface area contributed by atoms with Crippen molar-refractivity contribution in [1.29, 1.82) is 0 Å². The Balaban J connectivity index is 1.76. The van der Waals surface area contributed by atoms with Gasteiger partial charge in [-0.05, 0) is 55.2 Å². The maximum atomic E-state index is 12.9. The highest BCUT2D eigenvalue weighted by atomic mass is 16.6. The van der Waals surface area contributed by atoms with Gasteiger partial charge in [-0.1, -0.05) is 48.4 Å². The Labute approximate surface area is 220 Å². The summed E-state index contributed by atoms with van der Waals surface area (Å²) in [4.78, 5) is 34.2. The number of anilines is 1. The van der Waals surface area contributed by atoms with Crippen LogP contribution >= 0.6 is 0 Å². The van der Waals surface area contributed by atoms with Gasteiger partial charge in [0.15, 0.2) is 11.5 Å². The van der Waals surface area contributed by atoms with Gasteiger partial charge in [-0.25, -0.2) is 9.59 Å². The van der Waals surface area contributed by atoms with Crippen LogP contribution in [-0.4, -0.2) is 31.5 Å². The number of nitrogens with zero attached hydrogens (tertiary/aromatic N) is 2. The molecule has 0 aromatic heterocycles. The number of benzene rings is 4. The minimum absolute atomic E-state index is 0.000864. The maximum absolute atomic E-state index is 12.9. The molecular formula is C31H23N3O4. The first-order valence-electron chi connectivity index (χ1n) is 11.5. The van der Waals surface area contributed by atoms with E-state index in [2.05, 4.69) is 27.9 Å². The van der Waals surface area contributed by atoms with Crippen LogP contribution in [0.25, 0.3) is 0 Å². The van der Waals surface area contributed by atoms with E-state index in [0.717, 1.165) is 0 Å². The molecule has 38 heavy (non-hydrogen) atoms. The first kappa shape index (κ1) is 25.6. The SMILES string of the molecule is C#Cc1cccc(NC(=NC)c2cc(OC(=O)c3ccccc3)c(OC(=O)c3ccccc3)cc2N=C)c1. The molecule has 0 spiro atoms. The summed E-state index contributed by atoms with van der Waals surface area (Å²) >= 11 is 0. The zero-order valence-corrected chi connectivity index (χ0v) is 20.5. The minimum atomic E-state index is -0.627. The fourth-order valence-corrected chi connectivity index (χ4v) is 3.56. The molecule has 7 nitrogen and oxygen atoms in total. The van der Waals surface area contributed by atoms with E-state index in [-0.39, 0.29) is 11.5 Å². The lowest BCUT2D eigenvalue weighted by molar-refractivity contribution is 0.0682. The van der Waals surface area contributed by atoms with Crippen LogP contribution in [0.4, 0.5) is 11.4 Å². The summed E-state index contributed by atoms with van der Waals surface area (Å²) < 4.78 is 11.3. The van der Waals surface area contributed by atoms with Crippen molar-refractivity contribution in [1.82, 2.24) is 0 Å². The summed E-state index contributed by atoms with van der Waals surface area (Å²) in [5.41, 5.74) is 2.85. The molecule has 0 unspecified atom stereocenters. The van der Waals surface area contributed by atoms with Crippen molar-refractivity contribution < 1.29 is 19.1 Å². The fraction of sp³-hybridized carbons (Fsp3) is 0.0323. The van der Waals surface area contributed by atoms with Crippen molar-refractivity contribution in [3.8, 4) is 23.8 Å². The van der Waals surface area contributed by atoms with E-state index >= 15 is 0 Å². The number of terminal acetylenes is 1. The van der Waals surface area contributed by atoms with Crippen molar-refractivity contribution in [2.24, 2.45) is 9.98 Å². The molecule has 0 aliphatic carbocycles. The van der Waals surface area contributed by atoms with Gasteiger partial charge in [0.25, 0.3) is 0 Å². The molecule has 0 atom stereocenters. The molecule has 0 radical (unpaired) electrons. The predicted octanol–water partition coefficient (Wildman–Crippen LogP) is 5.93. The third kappa shape index (κ3) is 6.01. The molecule has 0 bridgehead atoms. The summed E-state index contributed by atoms with van der Waals surface area (Å²) in [7, 11) is 1.60. The Morgan fingerprint density at radius 2 is 1.39 bits per heavy atom. The molecular weight excluding hydrogens is 478 g/mol. The first-order chi connectivity index (χ1) is 18.5. The van der Waals surface area contributed by atoms with Gasteiger partial charge in [0.05, 0.1) is 16.8 Å². The molecule has 4 rings (SSSR count). The Bertz CT molecular complexity index is 1560. The Morgan fingerprint density at radius 3 is 1.92 bits per heavy atom. The summed E-state index contributed by atoms with van der Waals surface area (Å²) in [5.74, 6) is 1.75. The quantitative estimate of drug-likeness (QED) is 0.112. The Hall–Kier alpha value is -5.48. The zero-order valence-electron chi connectivity index (χ0n) is 20.5. The number of carbonyl (C=O) groups is 2. The van der Waals surface area contributed by atoms with Crippen LogP contribution in [0.1, 0.15) is 31.8 Å². The number of ether oxygens (including phenoxy) is 2. The van der Waals surface area contributed by atoms with Crippen LogP contribution in [0, 0.1) is 12.3 Å². The second-order valence-electron chi connectivity index (χ2n) is 7.91. The van der Waals surface area contributed by atoms with E-state index in [1.165, 1.54) is 12.1 Å². The van der Waals surface area contributed by atoms with Crippen molar-refractivity contribution in [3.05, 3.63) is 119 Å². The number of hydrogen-bond donors (Lipinski definition) is 1. The molecule has 186 valence electrons. The lowest BCUT2D eigenvalue weighted by Crippen LogP contribution is -2.16. The second-order valence-corrected chi connectivity index (χ2v) is 7.91. The molecule has 7 heteroatoms. The number of esters is 2. The highest BCUT2D eigenvalue weighted by molar-refractivity contribution is 6.12. The van der Waals surface area contributed by atoms with Gasteiger partial charge >= 0.3 is 11.9 Å². The Morgan fingerprint density at radius 1 is 0.816 bits per heavy atom. The minimum Gasteiger partial charge on any atom is -0.419 e. The van der Waals surface area contributed by atoms with Gasteiger partial charge in [0.1, 0.15) is 5.84 Å². The lowest BCUT2D eigenvalue weighted by atomic mass is 10.1. The molecule has 0 aliphatic rings. The van der Waals surface area contributed by atoms with Crippen molar-refractivity contribution in [3.63, 3.8) is 0 Å². The molecule has 0 heterocycles. The van der Waals surface area contributed by atoms with Gasteiger partial charge in [0, 0.05) is 29.9 Å². The van der Waals surface area contributed by atoms with Crippen molar-refractivity contribution >= 4 is 35.9 Å². The first-order valence-corrected chi connectivity index (χ1v) is 11.5. The van der Waals surface area contributed by atoms with Crippen LogP contribution < -0.4 is 14.8 Å². The normalized spacial score (nSPS) is 10.7. The van der Waals surface area contributed by atoms with E-state index in [4.69, 9.17) is 15.9 Å². The van der Waals surface area contributed by atoms with Gasteiger partial charge in [-0.3, -0.25) is 9.98 Å². The molecule has 0 amide bonds. The topological polar surface area (TPSA) is 89.4 Å². The molecule has 4 aromatic rings. The van der Waals surface area contributed by atoms with E-state index in [9.17, 15) is 9.59 Å². The average molecular weight is 502 g/mol. The largest absolute Gasteiger partial charge is 0.419 e. The van der Waals surface area contributed by atoms with Gasteiger partial charge < -0.3 is 14.8 Å². The average Bonchev–Trinajstić information content (AvgIpc) is 2.97. The van der Waals surface area contributed by atoms with Crippen molar-refractivity contribution in [2.75, 3.05) is 12.4 Å². The fourth-order valence-electron chi connectivity index (χ4n) is 3.56. The number of amidine groups is 1. The van der Waals surface area contributed by atoms with E-state index in [1.54, 1.807) is 73.8 Å². The van der Waals surface area contributed by atoms with E-state index in [1.807, 2.05) is 18.2 Å². The van der Waals surface area contributed by atoms with Gasteiger partial charge in [0.2, 0.25) is 0 Å². The molecule has 0 saturated heterocycles. The third-order valence-electron chi connectivity index (χ3n) is 5.43. The second kappa shape index (κ2) is 12.0. The van der Waals surface area contributed by atoms with Crippen LogP contribution in [-0.2, 0) is 0 Å². The Kier molecular flexibility index (Phi) is 8.07. The molecule has 0 saturated carbocycles. The van der Waals surface area contributed by atoms with Gasteiger partial charge in [-0.15, -0.1) is 6.42 Å². The molecule has 0 aliphatic heterocycles. The predicted molar refractivity (Wildman–Crippen MR) is 149 cm³/mol. The zero-order chi connectivity index (χ0) is 26.9. The number of nitrogens with one attached hydrogen (secondary N) is 1. The summed E-state index contributed by atoms with van der Waals surface area (Å²) in [6.45, 7) is 3.65. The molecule has 4 aromatic carbocycles. The summed E-state index contributed by atoms with van der Waals surface area (Å²) in [5, 5.41) is 3.21.